The van der Waals surface area contributed by atoms with Crippen LogP contribution in [0.5, 0.6) is 0 Å². The highest BCUT2D eigenvalue weighted by Crippen LogP contribution is 2.36. The lowest BCUT2D eigenvalue weighted by atomic mass is 10.2. The smallest absolute Gasteiger partial charge is 0.0637 e. The van der Waals surface area contributed by atoms with Gasteiger partial charge in [-0.1, -0.05) is 29.8 Å². The minimum Gasteiger partial charge on any atom is -0.315 e. The number of hydrogen-bond acceptors (Lipinski definition) is 4. The van der Waals surface area contributed by atoms with Crippen LogP contribution in [0.1, 0.15) is 11.3 Å². The molecule has 0 aliphatic carbocycles. The summed E-state index contributed by atoms with van der Waals surface area (Å²) in [6.45, 7) is 8.03. The number of rotatable bonds is 3. The summed E-state index contributed by atoms with van der Waals surface area (Å²) >= 11 is 8.42. The molecule has 0 radical (unpaired) electrons. The molecule has 3 nitrogen and oxygen atoms in total. The van der Waals surface area contributed by atoms with Gasteiger partial charge in [-0.15, -0.1) is 23.7 Å². The van der Waals surface area contributed by atoms with Gasteiger partial charge in [-0.05, 0) is 19.0 Å². The number of halogens is 2. The van der Waals surface area contributed by atoms with Gasteiger partial charge in [-0.25, -0.2) is 0 Å². The Kier molecular flexibility index (Phi) is 5.83. The molecule has 1 unspecified atom stereocenters. The van der Waals surface area contributed by atoms with Gasteiger partial charge in [0.1, 0.15) is 0 Å². The molecule has 2 fully saturated rings. The summed E-state index contributed by atoms with van der Waals surface area (Å²) in [5.41, 5.74) is 0. The number of hydrogen-bond donors (Lipinski definition) is 1. The molecule has 0 saturated carbocycles. The molecule has 1 atom stereocenters. The summed E-state index contributed by atoms with van der Waals surface area (Å²) in [6, 6.07) is 9.21. The minimum atomic E-state index is 0. The average Bonchev–Trinajstić information content (AvgIpc) is 3.18. The van der Waals surface area contributed by atoms with Crippen molar-refractivity contribution >= 4 is 45.4 Å². The molecule has 3 heterocycles. The largest absolute Gasteiger partial charge is 0.315 e. The maximum Gasteiger partial charge on any atom is 0.0637 e. The zero-order chi connectivity index (χ0) is 14.9. The van der Waals surface area contributed by atoms with E-state index >= 15 is 0 Å². The van der Waals surface area contributed by atoms with Crippen molar-refractivity contribution in [1.82, 2.24) is 15.1 Å². The quantitative estimate of drug-likeness (QED) is 0.890. The Morgan fingerprint density at radius 3 is 2.65 bits per heavy atom. The number of fused-ring (bicyclic) bond motifs is 1. The van der Waals surface area contributed by atoms with E-state index in [4.69, 9.17) is 11.6 Å². The zero-order valence-corrected chi connectivity index (χ0v) is 15.5. The van der Waals surface area contributed by atoms with Crippen molar-refractivity contribution in [2.24, 2.45) is 0 Å². The van der Waals surface area contributed by atoms with Gasteiger partial charge in [-0.2, -0.15) is 0 Å². The predicted octanol–water partition coefficient (Wildman–Crippen LogP) is 3.46. The lowest BCUT2D eigenvalue weighted by Crippen LogP contribution is -2.50. The molecule has 2 saturated heterocycles. The van der Waals surface area contributed by atoms with E-state index in [-0.39, 0.29) is 12.4 Å². The SMILES string of the molecule is Cl.Clc1c(CN2CCN(C3CCNC3)CC2)sc2ccccc12. The third-order valence-corrected chi connectivity index (χ3v) is 6.63. The molecular weight excluding hydrogens is 349 g/mol. The Balaban J connectivity index is 0.00000156. The molecule has 1 aromatic heterocycles. The molecule has 6 heteroatoms. The fourth-order valence-corrected chi connectivity index (χ4v) is 5.14. The van der Waals surface area contributed by atoms with Crippen LogP contribution in [-0.2, 0) is 6.54 Å². The number of nitrogens with one attached hydrogen (secondary N) is 1. The summed E-state index contributed by atoms with van der Waals surface area (Å²) in [6.07, 6.45) is 1.31. The van der Waals surface area contributed by atoms with E-state index in [0.29, 0.717) is 0 Å². The van der Waals surface area contributed by atoms with Crippen LogP contribution in [0.3, 0.4) is 0 Å². The van der Waals surface area contributed by atoms with Crippen molar-refractivity contribution < 1.29 is 0 Å². The fourth-order valence-electron chi connectivity index (χ4n) is 3.61. The van der Waals surface area contributed by atoms with Gasteiger partial charge in [-0.3, -0.25) is 9.80 Å². The first-order chi connectivity index (χ1) is 10.8. The van der Waals surface area contributed by atoms with Crippen LogP contribution in [0.4, 0.5) is 0 Å². The molecule has 0 amide bonds. The lowest BCUT2D eigenvalue weighted by molar-refractivity contribution is 0.0988. The molecule has 1 aromatic carbocycles. The van der Waals surface area contributed by atoms with Crippen LogP contribution in [0.25, 0.3) is 10.1 Å². The Morgan fingerprint density at radius 1 is 1.17 bits per heavy atom. The summed E-state index contributed by atoms with van der Waals surface area (Å²) in [4.78, 5) is 6.53. The Morgan fingerprint density at radius 2 is 1.96 bits per heavy atom. The summed E-state index contributed by atoms with van der Waals surface area (Å²) in [5, 5.41) is 5.64. The molecule has 4 rings (SSSR count). The van der Waals surface area contributed by atoms with Crippen molar-refractivity contribution in [2.45, 2.75) is 19.0 Å². The van der Waals surface area contributed by atoms with Crippen molar-refractivity contribution in [1.29, 1.82) is 0 Å². The molecule has 2 aliphatic rings. The summed E-state index contributed by atoms with van der Waals surface area (Å²) < 4.78 is 1.30. The highest BCUT2D eigenvalue weighted by molar-refractivity contribution is 7.19. The van der Waals surface area contributed by atoms with Gasteiger partial charge in [0.25, 0.3) is 0 Å². The topological polar surface area (TPSA) is 18.5 Å². The van der Waals surface area contributed by atoms with Gasteiger partial charge < -0.3 is 5.32 Å². The van der Waals surface area contributed by atoms with Crippen molar-refractivity contribution in [2.75, 3.05) is 39.3 Å². The first-order valence-electron chi connectivity index (χ1n) is 8.14. The highest BCUT2D eigenvalue weighted by atomic mass is 35.5. The van der Waals surface area contributed by atoms with Crippen molar-refractivity contribution in [3.05, 3.63) is 34.2 Å². The molecule has 0 spiro atoms. The molecule has 2 aliphatic heterocycles. The molecular formula is C17H23Cl2N3S. The van der Waals surface area contributed by atoms with Gasteiger partial charge >= 0.3 is 0 Å². The van der Waals surface area contributed by atoms with E-state index in [1.165, 1.54) is 47.6 Å². The summed E-state index contributed by atoms with van der Waals surface area (Å²) in [7, 11) is 0. The van der Waals surface area contributed by atoms with E-state index in [2.05, 4.69) is 39.4 Å². The standard InChI is InChI=1S/C17H22ClN3S.ClH/c18-17-14-3-1-2-4-15(14)22-16(17)12-20-7-9-21(10-8-20)13-5-6-19-11-13;/h1-4,13,19H,5-12H2;1H. The van der Waals surface area contributed by atoms with Crippen molar-refractivity contribution in [3.8, 4) is 0 Å². The van der Waals surface area contributed by atoms with E-state index in [1.54, 1.807) is 0 Å². The Hall–Kier alpha value is -0.360. The van der Waals surface area contributed by atoms with E-state index in [9.17, 15) is 0 Å². The summed E-state index contributed by atoms with van der Waals surface area (Å²) in [5.74, 6) is 0. The Bertz CT molecular complexity index is 646. The maximum absolute atomic E-state index is 6.57. The van der Waals surface area contributed by atoms with Crippen LogP contribution < -0.4 is 5.32 Å². The van der Waals surface area contributed by atoms with Gasteiger partial charge in [0, 0.05) is 60.3 Å². The molecule has 1 N–H and O–H groups in total. The molecule has 2 aromatic rings. The third kappa shape index (κ3) is 3.68. The van der Waals surface area contributed by atoms with Crippen LogP contribution in [0.15, 0.2) is 24.3 Å². The van der Waals surface area contributed by atoms with Crippen LogP contribution in [0, 0.1) is 0 Å². The third-order valence-electron chi connectivity index (χ3n) is 4.93. The van der Waals surface area contributed by atoms with E-state index < -0.39 is 0 Å². The van der Waals surface area contributed by atoms with Crippen LogP contribution in [0.2, 0.25) is 5.02 Å². The monoisotopic (exact) mass is 371 g/mol. The normalized spacial score (nSPS) is 23.3. The van der Waals surface area contributed by atoms with Crippen LogP contribution >= 0.6 is 35.3 Å². The Labute approximate surface area is 153 Å². The highest BCUT2D eigenvalue weighted by Gasteiger charge is 2.26. The predicted molar refractivity (Wildman–Crippen MR) is 102 cm³/mol. The number of benzene rings is 1. The van der Waals surface area contributed by atoms with E-state index in [1.807, 2.05) is 11.3 Å². The minimum absolute atomic E-state index is 0. The first-order valence-corrected chi connectivity index (χ1v) is 9.34. The number of nitrogens with zero attached hydrogens (tertiary/aromatic N) is 2. The maximum atomic E-state index is 6.57. The molecule has 23 heavy (non-hydrogen) atoms. The second kappa shape index (κ2) is 7.68. The number of thiophene rings is 1. The van der Waals surface area contributed by atoms with Crippen LogP contribution in [-0.4, -0.2) is 55.1 Å². The van der Waals surface area contributed by atoms with Crippen molar-refractivity contribution in [3.63, 3.8) is 0 Å². The lowest BCUT2D eigenvalue weighted by Gasteiger charge is -2.37. The second-order valence-electron chi connectivity index (χ2n) is 6.29. The molecule has 126 valence electrons. The van der Waals surface area contributed by atoms with Gasteiger partial charge in [0.05, 0.1) is 5.02 Å². The zero-order valence-electron chi connectivity index (χ0n) is 13.1. The van der Waals surface area contributed by atoms with E-state index in [0.717, 1.165) is 30.7 Å². The van der Waals surface area contributed by atoms with Gasteiger partial charge in [0.15, 0.2) is 0 Å². The average molecular weight is 372 g/mol. The second-order valence-corrected chi connectivity index (χ2v) is 7.81. The van der Waals surface area contributed by atoms with Gasteiger partial charge in [0.2, 0.25) is 0 Å². The first kappa shape index (κ1) is 17.5. The fraction of sp³-hybridized carbons (Fsp3) is 0.529. The molecule has 0 bridgehead atoms. The number of piperazine rings is 1.